The van der Waals surface area contributed by atoms with Gasteiger partial charge in [0.25, 0.3) is 0 Å². The van der Waals surface area contributed by atoms with Crippen molar-refractivity contribution in [3.63, 3.8) is 0 Å². The Kier molecular flexibility index (Phi) is 4.22. The van der Waals surface area contributed by atoms with Crippen LogP contribution < -0.4 is 4.29 Å². The molecule has 124 valence electrons. The van der Waals surface area contributed by atoms with Gasteiger partial charge in [-0.15, -0.1) is 0 Å². The van der Waals surface area contributed by atoms with Crippen molar-refractivity contribution < 1.29 is 12.3 Å². The molecule has 0 atom stereocenters. The van der Waals surface area contributed by atoms with E-state index in [2.05, 4.69) is 41.4 Å². The summed E-state index contributed by atoms with van der Waals surface area (Å²) in [5.41, 5.74) is 4.65. The molecule has 0 spiro atoms. The summed E-state index contributed by atoms with van der Waals surface area (Å²) in [5.74, 6) is 0. The Balaban J connectivity index is 2.01. The van der Waals surface area contributed by atoms with Crippen LogP contribution in [0, 0.1) is 0 Å². The third-order valence-electron chi connectivity index (χ3n) is 3.91. The first-order valence-corrected chi connectivity index (χ1v) is 13.7. The van der Waals surface area contributed by atoms with Gasteiger partial charge in [-0.1, -0.05) is 0 Å². The van der Waals surface area contributed by atoms with Gasteiger partial charge in [-0.05, 0) is 0 Å². The Bertz CT molecular complexity index is 973. The fourth-order valence-corrected chi connectivity index (χ4v) is 8.00. The number of pyridine rings is 1. The van der Waals surface area contributed by atoms with E-state index in [1.165, 1.54) is 16.7 Å². The van der Waals surface area contributed by atoms with E-state index in [1.807, 2.05) is 42.5 Å². The molecule has 1 aliphatic carbocycles. The van der Waals surface area contributed by atoms with E-state index >= 15 is 0 Å². The Morgan fingerprint density at radius 3 is 2.08 bits per heavy atom. The predicted molar refractivity (Wildman–Crippen MR) is 99.6 cm³/mol. The summed E-state index contributed by atoms with van der Waals surface area (Å²) in [6.07, 6.45) is 3.90. The normalized spacial score (nSPS) is 14.2. The van der Waals surface area contributed by atoms with E-state index in [0.29, 0.717) is 0 Å². The Hall–Kier alpha value is -1.60. The molecule has 0 bridgehead atoms. The molecule has 1 heterocycles. The zero-order valence-electron chi connectivity index (χ0n) is 12.6. The van der Waals surface area contributed by atoms with Crippen LogP contribution in [0.4, 0.5) is 0 Å². The number of allylic oxidation sites excluding steroid dienone is 1. The maximum atomic E-state index is 6.94. The number of fused-ring (bicyclic) bond motifs is 1. The van der Waals surface area contributed by atoms with Crippen LogP contribution in [0.3, 0.4) is 0 Å². The molecular weight excluding hydrogens is 426 g/mol. The van der Waals surface area contributed by atoms with Crippen LogP contribution in [0.2, 0.25) is 0 Å². The molecule has 0 saturated heterocycles. The van der Waals surface area contributed by atoms with Gasteiger partial charge in [-0.3, -0.25) is 0 Å². The second-order valence-electron chi connectivity index (χ2n) is 5.35. The van der Waals surface area contributed by atoms with Crippen LogP contribution in [-0.4, -0.2) is 9.09 Å². The topological polar surface area (TPSA) is 12.9 Å². The average Bonchev–Trinajstić information content (AvgIpc) is 3.04. The molecule has 0 saturated carbocycles. The van der Waals surface area contributed by atoms with E-state index in [0.717, 1.165) is 14.0 Å². The third kappa shape index (κ3) is 2.69. The number of rotatable bonds is 2. The fraction of sp³-hybridized carbons (Fsp3) is 0. The molecule has 0 radical (unpaired) electrons. The van der Waals surface area contributed by atoms with Crippen LogP contribution in [0.25, 0.3) is 5.57 Å². The first kappa shape index (κ1) is 15.9. The number of nitrogens with zero attached hydrogens (tertiary/aromatic N) is 1. The summed E-state index contributed by atoms with van der Waals surface area (Å²) in [4.78, 5) is 4.43. The molecule has 3 aromatic rings. The average molecular weight is 440 g/mol. The molecule has 0 aliphatic heterocycles. The van der Waals surface area contributed by atoms with Gasteiger partial charge < -0.3 is 0 Å². The molecule has 1 nitrogen and oxygen atoms in total. The quantitative estimate of drug-likeness (QED) is 0.520. The van der Waals surface area contributed by atoms with Crippen LogP contribution in [0.1, 0.15) is 16.7 Å². The third-order valence-corrected chi connectivity index (χ3v) is 10.8. The molecule has 2 aromatic carbocycles. The van der Waals surface area contributed by atoms with Crippen LogP contribution in [-0.2, 0) is 12.3 Å². The van der Waals surface area contributed by atoms with E-state index in [9.17, 15) is 0 Å². The van der Waals surface area contributed by atoms with E-state index in [-0.39, 0.29) is 0 Å². The van der Waals surface area contributed by atoms with Crippen molar-refractivity contribution >= 4 is 33.3 Å². The summed E-state index contributed by atoms with van der Waals surface area (Å²) < 4.78 is 1.83. The number of hydrogen-bond donors (Lipinski definition) is 0. The molecule has 24 heavy (non-hydrogen) atoms. The monoisotopic (exact) mass is 440 g/mol. The zero-order chi connectivity index (χ0) is 16.6. The van der Waals surface area contributed by atoms with E-state index in [4.69, 9.17) is 19.4 Å². The zero-order valence-corrected chi connectivity index (χ0v) is 15.9. The van der Waals surface area contributed by atoms with Gasteiger partial charge in [0.2, 0.25) is 0 Å². The summed E-state index contributed by atoms with van der Waals surface area (Å²) >= 11 is -3.28. The molecule has 4 rings (SSSR count). The second-order valence-corrected chi connectivity index (χ2v) is 14.7. The maximum absolute atomic E-state index is 6.94. The van der Waals surface area contributed by atoms with Crippen LogP contribution in [0.15, 0.2) is 85.1 Å². The van der Waals surface area contributed by atoms with Gasteiger partial charge in [-0.25, -0.2) is 0 Å². The molecule has 1 aliphatic rings. The van der Waals surface area contributed by atoms with E-state index < -0.39 is 12.3 Å². The van der Waals surface area contributed by atoms with Gasteiger partial charge in [0.15, 0.2) is 0 Å². The standard InChI is InChI=1S/C15H10.C5H4N.2ClH.Ru/c1-2-6-12(7-3-1)15-11-10-13-8-4-5-9-14(13)15;1-2-4-6-5-3-1;;;/h1-9,11H;1-4H;2*1H;/q;;;;-1/p-2. The Morgan fingerprint density at radius 1 is 0.708 bits per heavy atom. The first-order chi connectivity index (χ1) is 11.7. The van der Waals surface area contributed by atoms with Crippen molar-refractivity contribution in [2.75, 3.05) is 0 Å². The molecule has 4 heteroatoms. The number of aromatic nitrogens is 1. The summed E-state index contributed by atoms with van der Waals surface area (Å²) in [7, 11) is 13.9. The van der Waals surface area contributed by atoms with Gasteiger partial charge in [0.1, 0.15) is 0 Å². The molecule has 0 fully saturated rings. The molecule has 1 aromatic heterocycles. The first-order valence-electron chi connectivity index (χ1n) is 7.46. The number of halogens is 2. The summed E-state index contributed by atoms with van der Waals surface area (Å²) in [6.45, 7) is 0. The van der Waals surface area contributed by atoms with Crippen molar-refractivity contribution in [1.82, 2.24) is 4.98 Å². The van der Waals surface area contributed by atoms with Gasteiger partial charge >= 0.3 is 152 Å². The second kappa shape index (κ2) is 6.37. The van der Waals surface area contributed by atoms with Crippen molar-refractivity contribution in [1.29, 1.82) is 0 Å². The summed E-state index contributed by atoms with van der Waals surface area (Å²) in [6, 6.07) is 24.4. The predicted octanol–water partition coefficient (Wildman–Crippen LogP) is 4.83. The SMILES string of the molecule is [Cl][Ru-3]([Cl])(=[C]1C=C(c2ccccc2)c2ccccc21)[c]1ccccn1. The van der Waals surface area contributed by atoms with Crippen LogP contribution >= 0.6 is 19.4 Å². The van der Waals surface area contributed by atoms with Gasteiger partial charge in [0, 0.05) is 0 Å². The molecule has 0 N–H and O–H groups in total. The number of hydrogen-bond acceptors (Lipinski definition) is 1. The van der Waals surface area contributed by atoms with Crippen molar-refractivity contribution in [3.05, 3.63) is 102 Å². The Labute approximate surface area is 152 Å². The summed E-state index contributed by atoms with van der Waals surface area (Å²) in [5, 5.41) is 0. The van der Waals surface area contributed by atoms with Gasteiger partial charge in [0.05, 0.1) is 0 Å². The van der Waals surface area contributed by atoms with Gasteiger partial charge in [-0.2, -0.15) is 0 Å². The molecule has 0 amide bonds. The Morgan fingerprint density at radius 2 is 1.38 bits per heavy atom. The van der Waals surface area contributed by atoms with E-state index in [1.54, 1.807) is 6.20 Å². The van der Waals surface area contributed by atoms with Crippen molar-refractivity contribution in [2.24, 2.45) is 0 Å². The number of benzene rings is 2. The fourth-order valence-electron chi connectivity index (χ4n) is 2.81. The van der Waals surface area contributed by atoms with Crippen LogP contribution in [0.5, 0.6) is 0 Å². The minimum absolute atomic E-state index is 0.798. The molecular formula is C20H14Cl2NRu-3. The minimum atomic E-state index is -3.28. The molecule has 0 unspecified atom stereocenters. The van der Waals surface area contributed by atoms with Crippen molar-refractivity contribution in [2.45, 2.75) is 0 Å². The van der Waals surface area contributed by atoms with Crippen molar-refractivity contribution in [3.8, 4) is 0 Å².